The highest BCUT2D eigenvalue weighted by atomic mass is 16.2. The minimum Gasteiger partial charge on any atom is -0.350 e. The number of hydrogen-bond donors (Lipinski definition) is 2. The molecule has 8 heteroatoms. The van der Waals surface area contributed by atoms with E-state index in [0.717, 1.165) is 32.4 Å². The van der Waals surface area contributed by atoms with Crippen molar-refractivity contribution in [1.29, 1.82) is 0 Å². The van der Waals surface area contributed by atoms with Crippen molar-refractivity contribution in [3.8, 4) is 0 Å². The number of nitrogens with zero attached hydrogens (tertiary/aromatic N) is 4. The van der Waals surface area contributed by atoms with Crippen LogP contribution in [0.3, 0.4) is 0 Å². The van der Waals surface area contributed by atoms with E-state index in [4.69, 9.17) is 0 Å². The molecular weight excluding hydrogens is 308 g/mol. The Morgan fingerprint density at radius 3 is 3.17 bits per heavy atom. The number of carbonyl (C=O) groups excluding carboxylic acids is 1. The average Bonchev–Trinajstić information content (AvgIpc) is 3.05. The first-order chi connectivity index (χ1) is 11.7. The third-order valence-electron chi connectivity index (χ3n) is 4.09. The molecule has 2 aromatic rings. The van der Waals surface area contributed by atoms with E-state index < -0.39 is 0 Å². The molecular formula is C16H22N6O2. The van der Waals surface area contributed by atoms with E-state index in [-0.39, 0.29) is 17.5 Å². The van der Waals surface area contributed by atoms with Crippen molar-refractivity contribution in [2.75, 3.05) is 18.0 Å². The second-order valence-corrected chi connectivity index (χ2v) is 5.99. The van der Waals surface area contributed by atoms with Crippen molar-refractivity contribution in [1.82, 2.24) is 25.1 Å². The van der Waals surface area contributed by atoms with Gasteiger partial charge in [-0.1, -0.05) is 6.92 Å². The normalized spacial score (nSPS) is 17.7. The molecule has 8 nitrogen and oxygen atoms in total. The first-order valence-corrected chi connectivity index (χ1v) is 8.29. The lowest BCUT2D eigenvalue weighted by atomic mass is 10.1. The minimum atomic E-state index is -0.203. The van der Waals surface area contributed by atoms with Crippen LogP contribution in [0.25, 0.3) is 0 Å². The van der Waals surface area contributed by atoms with Gasteiger partial charge in [-0.15, -0.1) is 0 Å². The molecule has 1 amide bonds. The van der Waals surface area contributed by atoms with E-state index in [2.05, 4.69) is 27.3 Å². The Kier molecular flexibility index (Phi) is 4.93. The van der Waals surface area contributed by atoms with Gasteiger partial charge in [-0.05, 0) is 19.3 Å². The topological polar surface area (TPSA) is 95.9 Å². The molecule has 0 radical (unpaired) electrons. The van der Waals surface area contributed by atoms with Crippen molar-refractivity contribution in [2.45, 2.75) is 38.8 Å². The second kappa shape index (κ2) is 7.29. The first kappa shape index (κ1) is 16.2. The Morgan fingerprint density at radius 2 is 2.38 bits per heavy atom. The van der Waals surface area contributed by atoms with E-state index in [1.807, 2.05) is 4.90 Å². The van der Waals surface area contributed by atoms with Crippen molar-refractivity contribution >= 4 is 11.7 Å². The standard InChI is InChI=1S/C16H22N6O2/c1-2-7-22-10-12(9-19-22)15(23)20-13-4-3-8-21(11-13)14-16(24)18-6-5-17-14/h5-6,9-10,13H,2-4,7-8,11H2,1H3,(H,18,24)(H,20,23). The smallest absolute Gasteiger partial charge is 0.290 e. The number of aromatic nitrogens is 4. The van der Waals surface area contributed by atoms with Crippen LogP contribution in [0.5, 0.6) is 0 Å². The van der Waals surface area contributed by atoms with Crippen LogP contribution in [0.4, 0.5) is 5.82 Å². The molecule has 1 saturated heterocycles. The lowest BCUT2D eigenvalue weighted by Gasteiger charge is -2.33. The van der Waals surface area contributed by atoms with Crippen molar-refractivity contribution < 1.29 is 4.79 Å². The summed E-state index contributed by atoms with van der Waals surface area (Å²) < 4.78 is 1.77. The maximum Gasteiger partial charge on any atom is 0.290 e. The van der Waals surface area contributed by atoms with Gasteiger partial charge in [0.25, 0.3) is 11.5 Å². The van der Waals surface area contributed by atoms with E-state index in [1.54, 1.807) is 23.3 Å². The minimum absolute atomic E-state index is 0.0119. The molecule has 1 aliphatic heterocycles. The quantitative estimate of drug-likeness (QED) is 0.844. The fourth-order valence-corrected chi connectivity index (χ4v) is 2.96. The Morgan fingerprint density at radius 1 is 1.50 bits per heavy atom. The summed E-state index contributed by atoms with van der Waals surface area (Å²) in [5.74, 6) is 0.284. The van der Waals surface area contributed by atoms with E-state index in [1.165, 1.54) is 6.20 Å². The number of piperidine rings is 1. The molecule has 1 unspecified atom stereocenters. The maximum atomic E-state index is 12.4. The number of carbonyl (C=O) groups is 1. The van der Waals surface area contributed by atoms with Crippen LogP contribution in [-0.4, -0.2) is 44.8 Å². The molecule has 2 N–H and O–H groups in total. The molecule has 0 spiro atoms. The summed E-state index contributed by atoms with van der Waals surface area (Å²) in [6, 6.07) is -0.0119. The van der Waals surface area contributed by atoms with Crippen LogP contribution < -0.4 is 15.8 Å². The summed E-state index contributed by atoms with van der Waals surface area (Å²) in [6.07, 6.45) is 9.20. The fourth-order valence-electron chi connectivity index (χ4n) is 2.96. The molecule has 128 valence electrons. The maximum absolute atomic E-state index is 12.4. The summed E-state index contributed by atoms with van der Waals surface area (Å²) in [6.45, 7) is 4.21. The third kappa shape index (κ3) is 3.64. The number of aromatic amines is 1. The predicted octanol–water partition coefficient (Wildman–Crippen LogP) is 0.775. The number of anilines is 1. The van der Waals surface area contributed by atoms with Gasteiger partial charge in [0, 0.05) is 44.3 Å². The van der Waals surface area contributed by atoms with Crippen LogP contribution in [0, 0.1) is 0 Å². The number of amides is 1. The van der Waals surface area contributed by atoms with E-state index in [9.17, 15) is 9.59 Å². The van der Waals surface area contributed by atoms with E-state index >= 15 is 0 Å². The second-order valence-electron chi connectivity index (χ2n) is 5.99. The summed E-state index contributed by atoms with van der Waals surface area (Å²) in [5.41, 5.74) is 0.363. The summed E-state index contributed by atoms with van der Waals surface area (Å²) in [7, 11) is 0. The summed E-state index contributed by atoms with van der Waals surface area (Å²) >= 11 is 0. The average molecular weight is 330 g/mol. The van der Waals surface area contributed by atoms with Crippen molar-refractivity contribution in [2.24, 2.45) is 0 Å². The SMILES string of the molecule is CCCn1cc(C(=O)NC2CCCN(c3ncc[nH]c3=O)C2)cn1. The number of nitrogens with one attached hydrogen (secondary N) is 2. The molecule has 3 rings (SSSR count). The van der Waals surface area contributed by atoms with Gasteiger partial charge in [-0.3, -0.25) is 14.3 Å². The van der Waals surface area contributed by atoms with Gasteiger partial charge in [0.05, 0.1) is 11.8 Å². The largest absolute Gasteiger partial charge is 0.350 e. The highest BCUT2D eigenvalue weighted by Crippen LogP contribution is 2.14. The van der Waals surface area contributed by atoms with Gasteiger partial charge >= 0.3 is 0 Å². The highest BCUT2D eigenvalue weighted by molar-refractivity contribution is 5.93. The van der Waals surface area contributed by atoms with E-state index in [0.29, 0.717) is 17.9 Å². The van der Waals surface area contributed by atoms with Gasteiger partial charge in [0.15, 0.2) is 5.82 Å². The molecule has 24 heavy (non-hydrogen) atoms. The van der Waals surface area contributed by atoms with Gasteiger partial charge in [-0.2, -0.15) is 5.10 Å². The zero-order valence-corrected chi connectivity index (χ0v) is 13.7. The van der Waals surface area contributed by atoms with Crippen LogP contribution in [0.2, 0.25) is 0 Å². The van der Waals surface area contributed by atoms with Gasteiger partial charge in [-0.25, -0.2) is 4.98 Å². The molecule has 1 fully saturated rings. The molecule has 1 atom stereocenters. The molecule has 0 aliphatic carbocycles. The van der Waals surface area contributed by atoms with Gasteiger partial charge in [0.1, 0.15) is 0 Å². The molecule has 1 aliphatic rings. The Bertz CT molecular complexity index is 753. The summed E-state index contributed by atoms with van der Waals surface area (Å²) in [5, 5.41) is 7.22. The lowest BCUT2D eigenvalue weighted by Crippen LogP contribution is -2.49. The number of rotatable bonds is 5. The third-order valence-corrected chi connectivity index (χ3v) is 4.09. The summed E-state index contributed by atoms with van der Waals surface area (Å²) in [4.78, 5) is 33.0. The molecule has 0 aromatic carbocycles. The lowest BCUT2D eigenvalue weighted by molar-refractivity contribution is 0.0933. The fraction of sp³-hybridized carbons (Fsp3) is 0.500. The first-order valence-electron chi connectivity index (χ1n) is 8.29. The van der Waals surface area contributed by atoms with Crippen molar-refractivity contribution in [3.05, 3.63) is 40.7 Å². The Balaban J connectivity index is 1.63. The molecule has 2 aromatic heterocycles. The van der Waals surface area contributed by atoms with Crippen molar-refractivity contribution in [3.63, 3.8) is 0 Å². The number of aryl methyl sites for hydroxylation is 1. The Hall–Kier alpha value is -2.64. The monoisotopic (exact) mass is 330 g/mol. The number of hydrogen-bond acceptors (Lipinski definition) is 5. The zero-order valence-electron chi connectivity index (χ0n) is 13.7. The van der Waals surface area contributed by atoms with Gasteiger partial charge in [0.2, 0.25) is 0 Å². The predicted molar refractivity (Wildman–Crippen MR) is 90.1 cm³/mol. The highest BCUT2D eigenvalue weighted by Gasteiger charge is 2.24. The Labute approximate surface area is 139 Å². The zero-order chi connectivity index (χ0) is 16.9. The molecule has 0 bridgehead atoms. The van der Waals surface area contributed by atoms with Crippen LogP contribution in [0.15, 0.2) is 29.6 Å². The van der Waals surface area contributed by atoms with Gasteiger partial charge < -0.3 is 15.2 Å². The number of H-pyrrole nitrogens is 1. The molecule has 0 saturated carbocycles. The van der Waals surface area contributed by atoms with Crippen LogP contribution in [-0.2, 0) is 6.54 Å². The van der Waals surface area contributed by atoms with Crippen LogP contribution in [0.1, 0.15) is 36.5 Å². The molecule has 3 heterocycles. The van der Waals surface area contributed by atoms with Crippen LogP contribution >= 0.6 is 0 Å².